The second kappa shape index (κ2) is 3.42. The molecule has 1 aromatic carbocycles. The number of rotatable bonds is 1. The molecular weight excluding hydrogens is 246 g/mol. The van der Waals surface area contributed by atoms with Crippen molar-refractivity contribution in [3.05, 3.63) is 33.0 Å². The van der Waals surface area contributed by atoms with Crippen molar-refractivity contribution in [1.82, 2.24) is 9.97 Å². The summed E-state index contributed by atoms with van der Waals surface area (Å²) in [7, 11) is 1.71. The first kappa shape index (κ1) is 9.21. The Kier molecular flexibility index (Phi) is 2.25. The van der Waals surface area contributed by atoms with Crippen LogP contribution in [-0.4, -0.2) is 17.0 Å². The maximum atomic E-state index is 11.5. The Morgan fingerprint density at radius 3 is 3.00 bits per heavy atom. The predicted molar refractivity (Wildman–Crippen MR) is 59.6 cm³/mol. The van der Waals surface area contributed by atoms with Crippen molar-refractivity contribution < 1.29 is 0 Å². The summed E-state index contributed by atoms with van der Waals surface area (Å²) in [6.07, 6.45) is 0. The zero-order chi connectivity index (χ0) is 10.1. The summed E-state index contributed by atoms with van der Waals surface area (Å²) >= 11 is 3.31. The van der Waals surface area contributed by atoms with Crippen LogP contribution in [0.2, 0.25) is 0 Å². The van der Waals surface area contributed by atoms with E-state index in [9.17, 15) is 4.79 Å². The molecule has 72 valence electrons. The molecule has 0 saturated heterocycles. The second-order valence-electron chi connectivity index (χ2n) is 2.83. The number of halogens is 1. The lowest BCUT2D eigenvalue weighted by Gasteiger charge is -2.01. The Hall–Kier alpha value is -1.36. The average molecular weight is 254 g/mol. The van der Waals surface area contributed by atoms with Gasteiger partial charge in [-0.1, -0.05) is 15.9 Å². The van der Waals surface area contributed by atoms with Crippen molar-refractivity contribution >= 4 is 32.8 Å². The summed E-state index contributed by atoms with van der Waals surface area (Å²) in [5.41, 5.74) is 0.543. The number of H-pyrrole nitrogens is 1. The fourth-order valence-electron chi connectivity index (χ4n) is 1.24. The van der Waals surface area contributed by atoms with Gasteiger partial charge in [-0.25, -0.2) is 0 Å². The maximum Gasteiger partial charge on any atom is 0.282 e. The van der Waals surface area contributed by atoms with Gasteiger partial charge in [0, 0.05) is 11.5 Å². The molecule has 0 radical (unpaired) electrons. The minimum absolute atomic E-state index is 0.232. The van der Waals surface area contributed by atoms with Crippen molar-refractivity contribution in [2.24, 2.45) is 0 Å². The third kappa shape index (κ3) is 1.50. The van der Waals surface area contributed by atoms with E-state index in [1.807, 2.05) is 12.1 Å². The Balaban J connectivity index is 2.83. The van der Waals surface area contributed by atoms with Crippen molar-refractivity contribution in [3.63, 3.8) is 0 Å². The van der Waals surface area contributed by atoms with Gasteiger partial charge >= 0.3 is 0 Å². The normalized spacial score (nSPS) is 10.4. The number of anilines is 1. The van der Waals surface area contributed by atoms with E-state index in [4.69, 9.17) is 0 Å². The molecule has 0 aliphatic heterocycles. The van der Waals surface area contributed by atoms with Crippen molar-refractivity contribution in [2.45, 2.75) is 0 Å². The molecule has 0 spiro atoms. The number of hydrogen-bond acceptors (Lipinski definition) is 3. The standard InChI is InChI=1S/C9H8BrN3O/c1-11-9-12-7-3-2-5(10)4-6(7)8(14)13-9/h2-4H,1H3,(H2,11,12,13,14). The molecule has 5 heteroatoms. The van der Waals surface area contributed by atoms with Crippen molar-refractivity contribution in [1.29, 1.82) is 0 Å². The van der Waals surface area contributed by atoms with Crippen LogP contribution in [0.4, 0.5) is 5.95 Å². The molecule has 0 unspecified atom stereocenters. The molecular formula is C9H8BrN3O. The smallest absolute Gasteiger partial charge is 0.282 e. The zero-order valence-corrected chi connectivity index (χ0v) is 9.05. The molecule has 0 fully saturated rings. The molecule has 2 N–H and O–H groups in total. The highest BCUT2D eigenvalue weighted by molar-refractivity contribution is 9.10. The van der Waals surface area contributed by atoms with Crippen LogP contribution in [0.3, 0.4) is 0 Å². The second-order valence-corrected chi connectivity index (χ2v) is 3.75. The van der Waals surface area contributed by atoms with E-state index >= 15 is 0 Å². The monoisotopic (exact) mass is 253 g/mol. The molecule has 0 amide bonds. The summed E-state index contributed by atoms with van der Waals surface area (Å²) in [5.74, 6) is 0.477. The molecule has 1 heterocycles. The lowest BCUT2D eigenvalue weighted by Crippen LogP contribution is -2.11. The van der Waals surface area contributed by atoms with Gasteiger partial charge in [-0.3, -0.25) is 4.79 Å². The lowest BCUT2D eigenvalue weighted by atomic mass is 10.2. The Labute approximate surface area is 88.5 Å². The van der Waals surface area contributed by atoms with Gasteiger partial charge in [0.1, 0.15) is 0 Å². The fraction of sp³-hybridized carbons (Fsp3) is 0.111. The van der Waals surface area contributed by atoms with Crippen LogP contribution in [0.25, 0.3) is 10.9 Å². The molecule has 14 heavy (non-hydrogen) atoms. The molecule has 4 nitrogen and oxygen atoms in total. The SMILES string of the molecule is CNc1nc(=O)c2cc(Br)ccc2[nH]1. The number of fused-ring (bicyclic) bond motifs is 1. The van der Waals surface area contributed by atoms with Crippen molar-refractivity contribution in [3.8, 4) is 0 Å². The van der Waals surface area contributed by atoms with Crippen molar-refractivity contribution in [2.75, 3.05) is 12.4 Å². The number of benzene rings is 1. The third-order valence-electron chi connectivity index (χ3n) is 1.92. The minimum atomic E-state index is -0.232. The molecule has 2 rings (SSSR count). The van der Waals surface area contributed by atoms with Gasteiger partial charge in [-0.15, -0.1) is 0 Å². The van der Waals surface area contributed by atoms with E-state index < -0.39 is 0 Å². The van der Waals surface area contributed by atoms with Gasteiger partial charge in [0.2, 0.25) is 5.95 Å². The van der Waals surface area contributed by atoms with Gasteiger partial charge < -0.3 is 10.3 Å². The predicted octanol–water partition coefficient (Wildman–Crippen LogP) is 1.73. The summed E-state index contributed by atoms with van der Waals surface area (Å²) in [5, 5.41) is 3.38. The molecule has 1 aromatic heterocycles. The van der Waals surface area contributed by atoms with E-state index in [0.717, 1.165) is 9.99 Å². The van der Waals surface area contributed by atoms with E-state index in [1.165, 1.54) is 0 Å². The van der Waals surface area contributed by atoms with E-state index in [1.54, 1.807) is 13.1 Å². The van der Waals surface area contributed by atoms with Crippen LogP contribution in [0.5, 0.6) is 0 Å². The summed E-state index contributed by atoms with van der Waals surface area (Å²) in [6.45, 7) is 0. The van der Waals surface area contributed by atoms with Gasteiger partial charge in [0.05, 0.1) is 10.9 Å². The van der Waals surface area contributed by atoms with Gasteiger partial charge in [-0.2, -0.15) is 4.98 Å². The largest absolute Gasteiger partial charge is 0.359 e. The molecule has 0 saturated carbocycles. The van der Waals surface area contributed by atoms with E-state index in [0.29, 0.717) is 11.3 Å². The molecule has 0 aliphatic rings. The van der Waals surface area contributed by atoms with Crippen LogP contribution >= 0.6 is 15.9 Å². The molecule has 0 atom stereocenters. The fourth-order valence-corrected chi connectivity index (χ4v) is 1.60. The zero-order valence-electron chi connectivity index (χ0n) is 7.47. The molecule has 2 aromatic rings. The highest BCUT2D eigenvalue weighted by Crippen LogP contribution is 2.15. The highest BCUT2D eigenvalue weighted by atomic mass is 79.9. The van der Waals surface area contributed by atoms with Crippen LogP contribution < -0.4 is 10.9 Å². The first-order valence-electron chi connectivity index (χ1n) is 4.08. The number of aromatic nitrogens is 2. The first-order valence-corrected chi connectivity index (χ1v) is 4.87. The molecule has 0 aliphatic carbocycles. The maximum absolute atomic E-state index is 11.5. The van der Waals surface area contributed by atoms with E-state index in [-0.39, 0.29) is 5.56 Å². The number of hydrogen-bond donors (Lipinski definition) is 2. The Morgan fingerprint density at radius 1 is 1.50 bits per heavy atom. The van der Waals surface area contributed by atoms with E-state index in [2.05, 4.69) is 31.2 Å². The van der Waals surface area contributed by atoms with Gasteiger partial charge in [0.15, 0.2) is 0 Å². The minimum Gasteiger partial charge on any atom is -0.359 e. The lowest BCUT2D eigenvalue weighted by molar-refractivity contribution is 1.15. The topological polar surface area (TPSA) is 57.8 Å². The Bertz CT molecular complexity index is 535. The highest BCUT2D eigenvalue weighted by Gasteiger charge is 2.02. The average Bonchev–Trinajstić information content (AvgIpc) is 2.19. The number of nitrogens with one attached hydrogen (secondary N) is 2. The Morgan fingerprint density at radius 2 is 2.29 bits per heavy atom. The quantitative estimate of drug-likeness (QED) is 0.814. The first-order chi connectivity index (χ1) is 6.70. The summed E-state index contributed by atoms with van der Waals surface area (Å²) in [4.78, 5) is 18.3. The van der Waals surface area contributed by atoms with Crippen LogP contribution in [0, 0.1) is 0 Å². The summed E-state index contributed by atoms with van der Waals surface area (Å²) < 4.78 is 0.870. The van der Waals surface area contributed by atoms with Crippen LogP contribution in [-0.2, 0) is 0 Å². The summed E-state index contributed by atoms with van der Waals surface area (Å²) in [6, 6.07) is 5.46. The van der Waals surface area contributed by atoms with Gasteiger partial charge in [-0.05, 0) is 18.2 Å². The third-order valence-corrected chi connectivity index (χ3v) is 2.41. The number of aromatic amines is 1. The van der Waals surface area contributed by atoms with Crippen LogP contribution in [0.15, 0.2) is 27.5 Å². The number of nitrogens with zero attached hydrogens (tertiary/aromatic N) is 1. The molecule has 0 bridgehead atoms. The van der Waals surface area contributed by atoms with Crippen LogP contribution in [0.1, 0.15) is 0 Å². The van der Waals surface area contributed by atoms with Gasteiger partial charge in [0.25, 0.3) is 5.56 Å².